The zero-order chi connectivity index (χ0) is 15.6. The van der Waals surface area contributed by atoms with Crippen molar-refractivity contribution in [3.8, 4) is 5.75 Å². The maximum Gasteiger partial charge on any atom is 0.137 e. The van der Waals surface area contributed by atoms with Crippen molar-refractivity contribution in [1.29, 1.82) is 0 Å². The molecule has 0 aromatic heterocycles. The van der Waals surface area contributed by atoms with Crippen LogP contribution in [0.4, 0.5) is 4.39 Å². The van der Waals surface area contributed by atoms with E-state index >= 15 is 0 Å². The second-order valence-electron chi connectivity index (χ2n) is 6.27. The smallest absolute Gasteiger partial charge is 0.137 e. The van der Waals surface area contributed by atoms with Crippen LogP contribution in [0, 0.1) is 12.7 Å². The topological polar surface area (TPSA) is 9.23 Å². The summed E-state index contributed by atoms with van der Waals surface area (Å²) in [6.07, 6.45) is 0. The minimum atomic E-state index is -0.260. The van der Waals surface area contributed by atoms with Crippen molar-refractivity contribution in [2.75, 3.05) is 0 Å². The molecule has 0 radical (unpaired) electrons. The highest BCUT2D eigenvalue weighted by molar-refractivity contribution is 9.10. The molecule has 0 amide bonds. The van der Waals surface area contributed by atoms with Crippen molar-refractivity contribution in [2.45, 2.75) is 39.7 Å². The standard InChI is InChI=1S/C18H20BrFO/c1-12-9-14(18(2,3)4)6-8-17(12)21-11-13-5-7-16(20)15(19)10-13/h5-10H,11H2,1-4H3. The fraction of sp³-hybridized carbons (Fsp3) is 0.333. The largest absolute Gasteiger partial charge is 0.489 e. The summed E-state index contributed by atoms with van der Waals surface area (Å²) in [7, 11) is 0. The van der Waals surface area contributed by atoms with E-state index in [1.165, 1.54) is 11.6 Å². The first-order chi connectivity index (χ1) is 9.77. The van der Waals surface area contributed by atoms with E-state index in [0.29, 0.717) is 11.1 Å². The molecular weight excluding hydrogens is 331 g/mol. The zero-order valence-corrected chi connectivity index (χ0v) is 14.4. The lowest BCUT2D eigenvalue weighted by atomic mass is 9.86. The maximum absolute atomic E-state index is 13.2. The fourth-order valence-corrected chi connectivity index (χ4v) is 2.49. The summed E-state index contributed by atoms with van der Waals surface area (Å²) in [5.74, 6) is 0.605. The summed E-state index contributed by atoms with van der Waals surface area (Å²) >= 11 is 3.19. The van der Waals surface area contributed by atoms with Gasteiger partial charge in [-0.3, -0.25) is 0 Å². The number of hydrogen-bond acceptors (Lipinski definition) is 1. The zero-order valence-electron chi connectivity index (χ0n) is 12.8. The molecule has 0 saturated carbocycles. The first kappa shape index (κ1) is 16.0. The summed E-state index contributed by atoms with van der Waals surface area (Å²) in [6.45, 7) is 9.05. The quantitative estimate of drug-likeness (QED) is 0.682. The van der Waals surface area contributed by atoms with Gasteiger partial charge in [-0.25, -0.2) is 4.39 Å². The van der Waals surface area contributed by atoms with Crippen LogP contribution in [0.3, 0.4) is 0 Å². The number of rotatable bonds is 3. The van der Waals surface area contributed by atoms with Gasteiger partial charge in [0.2, 0.25) is 0 Å². The van der Waals surface area contributed by atoms with Crippen LogP contribution < -0.4 is 4.74 Å². The molecule has 112 valence electrons. The Morgan fingerprint density at radius 3 is 2.38 bits per heavy atom. The molecule has 0 unspecified atom stereocenters. The van der Waals surface area contributed by atoms with Crippen LogP contribution in [0.2, 0.25) is 0 Å². The van der Waals surface area contributed by atoms with E-state index < -0.39 is 0 Å². The second kappa shape index (κ2) is 6.18. The third-order valence-electron chi connectivity index (χ3n) is 3.42. The molecule has 3 heteroatoms. The van der Waals surface area contributed by atoms with Crippen LogP contribution in [0.25, 0.3) is 0 Å². The van der Waals surface area contributed by atoms with Crippen LogP contribution >= 0.6 is 15.9 Å². The van der Waals surface area contributed by atoms with Gasteiger partial charge in [0.25, 0.3) is 0 Å². The normalized spacial score (nSPS) is 11.5. The third-order valence-corrected chi connectivity index (χ3v) is 4.03. The van der Waals surface area contributed by atoms with E-state index in [1.54, 1.807) is 12.1 Å². The van der Waals surface area contributed by atoms with E-state index in [0.717, 1.165) is 16.9 Å². The van der Waals surface area contributed by atoms with E-state index in [-0.39, 0.29) is 11.2 Å². The van der Waals surface area contributed by atoms with Crippen molar-refractivity contribution < 1.29 is 9.13 Å². The molecule has 2 aromatic rings. The highest BCUT2D eigenvalue weighted by Crippen LogP contribution is 2.28. The third kappa shape index (κ3) is 4.07. The Morgan fingerprint density at radius 2 is 1.81 bits per heavy atom. The Bertz CT molecular complexity index is 644. The molecule has 0 heterocycles. The highest BCUT2D eigenvalue weighted by Gasteiger charge is 2.14. The number of benzene rings is 2. The van der Waals surface area contributed by atoms with Crippen LogP contribution in [0.5, 0.6) is 5.75 Å². The molecular formula is C18H20BrFO. The van der Waals surface area contributed by atoms with Gasteiger partial charge in [-0.1, -0.05) is 39.0 Å². The lowest BCUT2D eigenvalue weighted by Gasteiger charge is -2.20. The molecule has 0 spiro atoms. The van der Waals surface area contributed by atoms with Gasteiger partial charge in [-0.2, -0.15) is 0 Å². The van der Waals surface area contributed by atoms with Gasteiger partial charge >= 0.3 is 0 Å². The molecule has 0 N–H and O–H groups in total. The second-order valence-corrected chi connectivity index (χ2v) is 7.12. The molecule has 0 bridgehead atoms. The van der Waals surface area contributed by atoms with Gasteiger partial charge < -0.3 is 4.74 Å². The molecule has 0 aliphatic carbocycles. The van der Waals surface area contributed by atoms with Crippen LogP contribution in [0.1, 0.15) is 37.5 Å². The van der Waals surface area contributed by atoms with Gasteiger partial charge in [0, 0.05) is 0 Å². The molecule has 0 fully saturated rings. The Morgan fingerprint density at radius 1 is 1.10 bits per heavy atom. The molecule has 0 saturated heterocycles. The molecule has 0 aliphatic rings. The van der Waals surface area contributed by atoms with Gasteiger partial charge in [0.1, 0.15) is 18.2 Å². The average Bonchev–Trinajstić information content (AvgIpc) is 2.40. The van der Waals surface area contributed by atoms with Crippen molar-refractivity contribution in [3.63, 3.8) is 0 Å². The number of aryl methyl sites for hydroxylation is 1. The lowest BCUT2D eigenvalue weighted by Crippen LogP contribution is -2.11. The minimum Gasteiger partial charge on any atom is -0.489 e. The number of halogens is 2. The Hall–Kier alpha value is -1.35. The summed E-state index contributed by atoms with van der Waals surface area (Å²) in [5.41, 5.74) is 3.47. The number of hydrogen-bond donors (Lipinski definition) is 0. The van der Waals surface area contributed by atoms with Crippen LogP contribution in [-0.4, -0.2) is 0 Å². The summed E-state index contributed by atoms with van der Waals surface area (Å²) in [5, 5.41) is 0. The molecule has 0 atom stereocenters. The predicted octanol–water partition coefficient (Wildman–Crippen LogP) is 5.77. The molecule has 0 aliphatic heterocycles. The van der Waals surface area contributed by atoms with Crippen LogP contribution in [0.15, 0.2) is 40.9 Å². The van der Waals surface area contributed by atoms with Crippen molar-refractivity contribution in [1.82, 2.24) is 0 Å². The van der Waals surface area contributed by atoms with Crippen LogP contribution in [-0.2, 0) is 12.0 Å². The molecule has 21 heavy (non-hydrogen) atoms. The molecule has 1 nitrogen and oxygen atoms in total. The molecule has 2 aromatic carbocycles. The summed E-state index contributed by atoms with van der Waals surface area (Å²) in [4.78, 5) is 0. The minimum absolute atomic E-state index is 0.130. The average molecular weight is 351 g/mol. The van der Waals surface area contributed by atoms with Gasteiger partial charge in [-0.15, -0.1) is 0 Å². The van der Waals surface area contributed by atoms with E-state index in [9.17, 15) is 4.39 Å². The highest BCUT2D eigenvalue weighted by atomic mass is 79.9. The predicted molar refractivity (Wildman–Crippen MR) is 88.3 cm³/mol. The number of ether oxygens (including phenoxy) is 1. The SMILES string of the molecule is Cc1cc(C(C)(C)C)ccc1OCc1ccc(F)c(Br)c1. The monoisotopic (exact) mass is 350 g/mol. The van der Waals surface area contributed by atoms with E-state index in [2.05, 4.69) is 48.8 Å². The maximum atomic E-state index is 13.2. The van der Waals surface area contributed by atoms with Crippen molar-refractivity contribution in [3.05, 3.63) is 63.4 Å². The van der Waals surface area contributed by atoms with E-state index in [1.807, 2.05) is 13.0 Å². The Kier molecular flexibility index (Phi) is 4.72. The lowest BCUT2D eigenvalue weighted by molar-refractivity contribution is 0.303. The summed E-state index contributed by atoms with van der Waals surface area (Å²) in [6, 6.07) is 11.2. The van der Waals surface area contributed by atoms with Crippen molar-refractivity contribution >= 4 is 15.9 Å². The van der Waals surface area contributed by atoms with Gasteiger partial charge in [0.05, 0.1) is 4.47 Å². The Balaban J connectivity index is 2.11. The van der Waals surface area contributed by atoms with E-state index in [4.69, 9.17) is 4.74 Å². The van der Waals surface area contributed by atoms with Gasteiger partial charge in [0.15, 0.2) is 0 Å². The summed E-state index contributed by atoms with van der Waals surface area (Å²) < 4.78 is 19.5. The fourth-order valence-electron chi connectivity index (χ4n) is 2.07. The first-order valence-electron chi connectivity index (χ1n) is 6.95. The first-order valence-corrected chi connectivity index (χ1v) is 7.74. The van der Waals surface area contributed by atoms with Crippen molar-refractivity contribution in [2.24, 2.45) is 0 Å². The van der Waals surface area contributed by atoms with Gasteiger partial charge in [-0.05, 0) is 63.2 Å². The molecule has 2 rings (SSSR count). The Labute approximate surface area is 134 Å².